The van der Waals surface area contributed by atoms with E-state index in [9.17, 15) is 10.1 Å². The Morgan fingerprint density at radius 2 is 2.29 bits per heavy atom. The second kappa shape index (κ2) is 7.78. The molecule has 0 saturated carbocycles. The zero-order valence-corrected chi connectivity index (χ0v) is 14.2. The highest BCUT2D eigenvalue weighted by molar-refractivity contribution is 8.23. The number of carbonyl (C=O) groups is 1. The van der Waals surface area contributed by atoms with Crippen molar-refractivity contribution in [2.75, 3.05) is 17.7 Å². The van der Waals surface area contributed by atoms with Gasteiger partial charge in [0.25, 0.3) is 0 Å². The summed E-state index contributed by atoms with van der Waals surface area (Å²) in [4.78, 5) is 13.2. The molecule has 1 N–H and O–H groups in total. The molecule has 1 aliphatic rings. The number of nitriles is 1. The van der Waals surface area contributed by atoms with Crippen molar-refractivity contribution in [1.29, 1.82) is 5.26 Å². The fraction of sp³-hybridized carbons (Fsp3) is 0.500. The zero-order chi connectivity index (χ0) is 15.2. The lowest BCUT2D eigenvalue weighted by atomic mass is 9.96. The number of aryl methyl sites for hydroxylation is 1. The topological polar surface area (TPSA) is 62.1 Å². The van der Waals surface area contributed by atoms with Gasteiger partial charge in [0.15, 0.2) is 0 Å². The number of thiocarbonyl (C=S) groups is 1. The first kappa shape index (κ1) is 16.3. The quantitative estimate of drug-likeness (QED) is 0.850. The first-order valence-corrected chi connectivity index (χ1v) is 9.00. The van der Waals surface area contributed by atoms with Crippen LogP contribution in [0.3, 0.4) is 0 Å². The van der Waals surface area contributed by atoms with Gasteiger partial charge in [-0.2, -0.15) is 5.26 Å². The molecule has 1 aliphatic carbocycles. The van der Waals surface area contributed by atoms with Gasteiger partial charge in [-0.15, -0.1) is 11.3 Å². The van der Waals surface area contributed by atoms with Crippen LogP contribution in [0.4, 0.5) is 5.00 Å². The van der Waals surface area contributed by atoms with Gasteiger partial charge >= 0.3 is 0 Å². The van der Waals surface area contributed by atoms with E-state index in [1.54, 1.807) is 0 Å². The van der Waals surface area contributed by atoms with Gasteiger partial charge in [-0.1, -0.05) is 11.8 Å². The number of hydrogen-bond donors (Lipinski definition) is 1. The lowest BCUT2D eigenvalue weighted by molar-refractivity contribution is -0.113. The van der Waals surface area contributed by atoms with Crippen LogP contribution in [0.15, 0.2) is 0 Å². The Hall–Kier alpha value is -1.10. The van der Waals surface area contributed by atoms with Crippen LogP contribution in [0.25, 0.3) is 0 Å². The lowest BCUT2D eigenvalue weighted by Crippen LogP contribution is -2.15. The number of fused-ring (bicyclic) bond motifs is 1. The average molecular weight is 340 g/mol. The Balaban J connectivity index is 1.99. The molecule has 21 heavy (non-hydrogen) atoms. The lowest BCUT2D eigenvalue weighted by Gasteiger charge is -2.09. The molecule has 0 saturated heterocycles. The van der Waals surface area contributed by atoms with Crippen LogP contribution in [0.5, 0.6) is 0 Å². The fourth-order valence-electron chi connectivity index (χ4n) is 2.22. The first-order valence-electron chi connectivity index (χ1n) is 6.79. The number of hydrogen-bond acceptors (Lipinski definition) is 6. The van der Waals surface area contributed by atoms with Gasteiger partial charge < -0.3 is 10.1 Å². The minimum absolute atomic E-state index is 0.155. The zero-order valence-electron chi connectivity index (χ0n) is 11.7. The molecular weight excluding hydrogens is 324 g/mol. The van der Waals surface area contributed by atoms with Gasteiger partial charge in [-0.05, 0) is 50.4 Å². The maximum absolute atomic E-state index is 12.0. The SMILES string of the molecule is CCOC(=S)SCC(=O)Nc1sc2c(c1C#N)CCCC2. The number of rotatable bonds is 4. The number of thiophene rings is 1. The third-order valence-electron chi connectivity index (χ3n) is 3.12. The molecule has 0 aliphatic heterocycles. The molecule has 0 radical (unpaired) electrons. The van der Waals surface area contributed by atoms with Crippen LogP contribution < -0.4 is 5.32 Å². The molecule has 0 aromatic carbocycles. The van der Waals surface area contributed by atoms with Crippen molar-refractivity contribution in [3.63, 3.8) is 0 Å². The van der Waals surface area contributed by atoms with Crippen molar-refractivity contribution >= 4 is 50.6 Å². The minimum atomic E-state index is -0.155. The molecule has 1 aromatic rings. The van der Waals surface area contributed by atoms with Gasteiger partial charge in [0.05, 0.1) is 17.9 Å². The van der Waals surface area contributed by atoms with Crippen molar-refractivity contribution in [2.24, 2.45) is 0 Å². The number of anilines is 1. The number of nitrogens with one attached hydrogen (secondary N) is 1. The molecule has 0 unspecified atom stereocenters. The highest BCUT2D eigenvalue weighted by Gasteiger charge is 2.21. The number of nitrogens with zero attached hydrogens (tertiary/aromatic N) is 1. The number of thioether (sulfide) groups is 1. The van der Waals surface area contributed by atoms with Crippen LogP contribution in [0.1, 0.15) is 35.8 Å². The molecule has 2 rings (SSSR count). The second-order valence-electron chi connectivity index (χ2n) is 4.55. The van der Waals surface area contributed by atoms with E-state index in [0.717, 1.165) is 31.2 Å². The predicted octanol–water partition coefficient (Wildman–Crippen LogP) is 3.49. The summed E-state index contributed by atoms with van der Waals surface area (Å²) >= 11 is 7.69. The standard InChI is InChI=1S/C14H16N2O2S3/c1-2-18-14(19)20-8-12(17)16-13-10(7-15)9-5-3-4-6-11(9)21-13/h2-6,8H2,1H3,(H,16,17). The van der Waals surface area contributed by atoms with Crippen LogP contribution in [-0.4, -0.2) is 22.6 Å². The molecule has 1 amide bonds. The van der Waals surface area contributed by atoms with Crippen molar-refractivity contribution in [3.8, 4) is 6.07 Å². The Labute approximate surface area is 137 Å². The van der Waals surface area contributed by atoms with Crippen LogP contribution in [0.2, 0.25) is 0 Å². The first-order chi connectivity index (χ1) is 10.2. The van der Waals surface area contributed by atoms with E-state index in [2.05, 4.69) is 11.4 Å². The van der Waals surface area contributed by atoms with Crippen molar-refractivity contribution < 1.29 is 9.53 Å². The normalized spacial score (nSPS) is 13.1. The van der Waals surface area contributed by atoms with Gasteiger partial charge in [-0.3, -0.25) is 4.79 Å². The molecule has 1 heterocycles. The highest BCUT2D eigenvalue weighted by Crippen LogP contribution is 2.37. The predicted molar refractivity (Wildman–Crippen MR) is 91.0 cm³/mol. The Morgan fingerprint density at radius 3 is 3.00 bits per heavy atom. The molecule has 4 nitrogen and oxygen atoms in total. The molecule has 0 atom stereocenters. The molecule has 0 bridgehead atoms. The number of ether oxygens (including phenoxy) is 1. The summed E-state index contributed by atoms with van der Waals surface area (Å²) in [5, 5.41) is 12.8. The van der Waals surface area contributed by atoms with Gasteiger partial charge in [0, 0.05) is 4.88 Å². The van der Waals surface area contributed by atoms with E-state index >= 15 is 0 Å². The molecular formula is C14H16N2O2S3. The fourth-order valence-corrected chi connectivity index (χ4v) is 4.29. The number of amides is 1. The molecule has 112 valence electrons. The monoisotopic (exact) mass is 340 g/mol. The second-order valence-corrected chi connectivity index (χ2v) is 7.23. The van der Waals surface area contributed by atoms with Gasteiger partial charge in [-0.25, -0.2) is 0 Å². The maximum Gasteiger partial charge on any atom is 0.235 e. The van der Waals surface area contributed by atoms with E-state index in [0.29, 0.717) is 21.6 Å². The average Bonchev–Trinajstić information content (AvgIpc) is 2.82. The van der Waals surface area contributed by atoms with E-state index in [1.807, 2.05) is 6.92 Å². The Bertz CT molecular complexity index is 590. The van der Waals surface area contributed by atoms with E-state index in [4.69, 9.17) is 17.0 Å². The van der Waals surface area contributed by atoms with Gasteiger partial charge in [0.2, 0.25) is 10.3 Å². The third kappa shape index (κ3) is 4.19. The van der Waals surface area contributed by atoms with Crippen molar-refractivity contribution in [3.05, 3.63) is 16.0 Å². The summed E-state index contributed by atoms with van der Waals surface area (Å²) in [7, 11) is 0. The molecule has 1 aromatic heterocycles. The Morgan fingerprint density at radius 1 is 1.52 bits per heavy atom. The van der Waals surface area contributed by atoms with E-state index in [-0.39, 0.29) is 11.7 Å². The van der Waals surface area contributed by atoms with Gasteiger partial charge in [0.1, 0.15) is 11.1 Å². The summed E-state index contributed by atoms with van der Waals surface area (Å²) in [6.07, 6.45) is 4.22. The molecule has 0 fully saturated rings. The highest BCUT2D eigenvalue weighted by atomic mass is 32.2. The maximum atomic E-state index is 12.0. The molecule has 7 heteroatoms. The smallest absolute Gasteiger partial charge is 0.235 e. The number of carbonyl (C=O) groups excluding carboxylic acids is 1. The van der Waals surface area contributed by atoms with Crippen LogP contribution >= 0.6 is 35.3 Å². The summed E-state index contributed by atoms with van der Waals surface area (Å²) in [5.41, 5.74) is 1.77. The largest absolute Gasteiger partial charge is 0.479 e. The third-order valence-corrected chi connectivity index (χ3v) is 5.56. The van der Waals surface area contributed by atoms with Crippen molar-refractivity contribution in [1.82, 2.24) is 0 Å². The van der Waals surface area contributed by atoms with Crippen molar-refractivity contribution in [2.45, 2.75) is 32.6 Å². The Kier molecular flexibility index (Phi) is 6.03. The summed E-state index contributed by atoms with van der Waals surface area (Å²) < 4.78 is 5.49. The molecule has 0 spiro atoms. The summed E-state index contributed by atoms with van der Waals surface area (Å²) in [6.45, 7) is 2.35. The van der Waals surface area contributed by atoms with Crippen LogP contribution in [-0.2, 0) is 22.4 Å². The summed E-state index contributed by atoms with van der Waals surface area (Å²) in [5.74, 6) is 0.0452. The summed E-state index contributed by atoms with van der Waals surface area (Å²) in [6, 6.07) is 2.23. The van der Waals surface area contributed by atoms with E-state index in [1.165, 1.54) is 28.0 Å². The minimum Gasteiger partial charge on any atom is -0.479 e. The van der Waals surface area contributed by atoms with E-state index < -0.39 is 0 Å². The van der Waals surface area contributed by atoms with Crippen LogP contribution in [0, 0.1) is 11.3 Å².